The normalized spacial score (nSPS) is 15.8. The molecule has 0 aromatic heterocycles. The van der Waals surface area contributed by atoms with Gasteiger partial charge in [-0.1, -0.05) is 32.0 Å². The van der Waals surface area contributed by atoms with Crippen LogP contribution in [0.1, 0.15) is 32.3 Å². The molecule has 116 valence electrons. The summed E-state index contributed by atoms with van der Waals surface area (Å²) in [7, 11) is 1.66. The Kier molecular flexibility index (Phi) is 5.23. The Morgan fingerprint density at radius 2 is 1.95 bits per heavy atom. The Morgan fingerprint density at radius 1 is 1.29 bits per heavy atom. The second kappa shape index (κ2) is 6.94. The minimum Gasteiger partial charge on any atom is -0.496 e. The summed E-state index contributed by atoms with van der Waals surface area (Å²) in [6.45, 7) is 7.93. The van der Waals surface area contributed by atoms with Gasteiger partial charge < -0.3 is 15.0 Å². The summed E-state index contributed by atoms with van der Waals surface area (Å²) in [6.07, 6.45) is 1.81. The van der Waals surface area contributed by atoms with Gasteiger partial charge in [-0.2, -0.15) is 0 Å². The maximum absolute atomic E-state index is 12.6. The number of amides is 1. The number of methoxy groups -OCH3 is 1. The van der Waals surface area contributed by atoms with Gasteiger partial charge >= 0.3 is 0 Å². The fraction of sp³-hybridized carbons (Fsp3) is 0.588. The first-order chi connectivity index (χ1) is 10.2. The predicted octanol–water partition coefficient (Wildman–Crippen LogP) is 2.18. The monoisotopic (exact) mass is 290 g/mol. The third-order valence-corrected chi connectivity index (χ3v) is 4.42. The van der Waals surface area contributed by atoms with Gasteiger partial charge in [0.1, 0.15) is 5.75 Å². The molecule has 4 heteroatoms. The van der Waals surface area contributed by atoms with Crippen molar-refractivity contribution in [2.24, 2.45) is 0 Å². The number of rotatable bonds is 8. The molecule has 1 aromatic carbocycles. The van der Waals surface area contributed by atoms with Gasteiger partial charge in [-0.3, -0.25) is 4.79 Å². The molecule has 0 radical (unpaired) electrons. The lowest BCUT2D eigenvalue weighted by molar-refractivity contribution is -0.123. The van der Waals surface area contributed by atoms with E-state index in [2.05, 4.69) is 24.1 Å². The zero-order valence-electron chi connectivity index (χ0n) is 13.3. The topological polar surface area (TPSA) is 41.6 Å². The predicted molar refractivity (Wildman–Crippen MR) is 84.7 cm³/mol. The summed E-state index contributed by atoms with van der Waals surface area (Å²) >= 11 is 0. The number of hydrogen-bond donors (Lipinski definition) is 1. The van der Waals surface area contributed by atoms with Gasteiger partial charge in [-0.25, -0.2) is 0 Å². The first-order valence-corrected chi connectivity index (χ1v) is 7.82. The minimum absolute atomic E-state index is 0.138. The van der Waals surface area contributed by atoms with E-state index in [1.54, 1.807) is 7.11 Å². The first-order valence-electron chi connectivity index (χ1n) is 7.82. The van der Waals surface area contributed by atoms with Crippen LogP contribution in [0.15, 0.2) is 24.3 Å². The zero-order valence-corrected chi connectivity index (χ0v) is 13.3. The van der Waals surface area contributed by atoms with Crippen LogP contribution in [0.5, 0.6) is 5.75 Å². The van der Waals surface area contributed by atoms with Crippen molar-refractivity contribution in [2.75, 3.05) is 33.3 Å². The molecule has 0 atom stereocenters. The quantitative estimate of drug-likeness (QED) is 0.798. The van der Waals surface area contributed by atoms with Crippen LogP contribution in [0.3, 0.4) is 0 Å². The van der Waals surface area contributed by atoms with Gasteiger partial charge in [0.15, 0.2) is 0 Å². The van der Waals surface area contributed by atoms with Crippen LogP contribution < -0.4 is 10.1 Å². The van der Waals surface area contributed by atoms with E-state index in [4.69, 9.17) is 4.74 Å². The average Bonchev–Trinajstić information content (AvgIpc) is 3.33. The first kappa shape index (κ1) is 15.8. The molecule has 1 fully saturated rings. The molecular weight excluding hydrogens is 264 g/mol. The number of hydrogen-bond acceptors (Lipinski definition) is 3. The Morgan fingerprint density at radius 3 is 2.52 bits per heavy atom. The molecule has 1 aliphatic rings. The lowest BCUT2D eigenvalue weighted by Crippen LogP contribution is -2.40. The van der Waals surface area contributed by atoms with E-state index in [-0.39, 0.29) is 11.3 Å². The summed E-state index contributed by atoms with van der Waals surface area (Å²) < 4.78 is 5.41. The van der Waals surface area contributed by atoms with Gasteiger partial charge in [-0.05, 0) is 32.0 Å². The van der Waals surface area contributed by atoms with Gasteiger partial charge in [0.05, 0.1) is 12.5 Å². The van der Waals surface area contributed by atoms with Crippen LogP contribution in [0.4, 0.5) is 0 Å². The Hall–Kier alpha value is -1.55. The van der Waals surface area contributed by atoms with Crippen molar-refractivity contribution in [3.63, 3.8) is 0 Å². The van der Waals surface area contributed by atoms with Gasteiger partial charge in [0, 0.05) is 18.7 Å². The SMILES string of the molecule is CCN(CC)CCNC(=O)C1(c2ccccc2OC)CC1. The molecule has 1 N–H and O–H groups in total. The number of nitrogens with zero attached hydrogens (tertiary/aromatic N) is 1. The van der Waals surface area contributed by atoms with Gasteiger partial charge in [0.25, 0.3) is 0 Å². The van der Waals surface area contributed by atoms with Gasteiger partial charge in [0.2, 0.25) is 5.91 Å². The highest BCUT2D eigenvalue weighted by atomic mass is 16.5. The molecule has 1 aromatic rings. The maximum atomic E-state index is 12.6. The summed E-state index contributed by atoms with van der Waals surface area (Å²) in [5.74, 6) is 0.952. The van der Waals surface area contributed by atoms with E-state index in [0.29, 0.717) is 6.54 Å². The highest BCUT2D eigenvalue weighted by Crippen LogP contribution is 2.51. The Balaban J connectivity index is 1.98. The third-order valence-electron chi connectivity index (χ3n) is 4.42. The molecule has 1 aliphatic carbocycles. The molecule has 0 heterocycles. The Labute approximate surface area is 127 Å². The fourth-order valence-corrected chi connectivity index (χ4v) is 2.82. The largest absolute Gasteiger partial charge is 0.496 e. The van der Waals surface area contributed by atoms with Crippen LogP contribution in [-0.2, 0) is 10.2 Å². The average molecular weight is 290 g/mol. The van der Waals surface area contributed by atoms with Crippen molar-refractivity contribution in [1.29, 1.82) is 0 Å². The van der Waals surface area contributed by atoms with E-state index >= 15 is 0 Å². The molecule has 0 unspecified atom stereocenters. The van der Waals surface area contributed by atoms with Crippen LogP contribution in [0, 0.1) is 0 Å². The summed E-state index contributed by atoms with van der Waals surface area (Å²) in [5, 5.41) is 3.10. The van der Waals surface area contributed by atoms with E-state index in [1.165, 1.54) is 0 Å². The smallest absolute Gasteiger partial charge is 0.230 e. The number of carbonyl (C=O) groups is 1. The number of likely N-dealkylation sites (N-methyl/N-ethyl adjacent to an activating group) is 1. The van der Waals surface area contributed by atoms with Crippen LogP contribution in [-0.4, -0.2) is 44.1 Å². The Bertz CT molecular complexity index is 479. The van der Waals surface area contributed by atoms with E-state index in [0.717, 1.165) is 43.8 Å². The van der Waals surface area contributed by atoms with Crippen molar-refractivity contribution in [2.45, 2.75) is 32.1 Å². The number of nitrogens with one attached hydrogen (secondary N) is 1. The number of ether oxygens (including phenoxy) is 1. The molecule has 0 saturated heterocycles. The molecule has 4 nitrogen and oxygen atoms in total. The maximum Gasteiger partial charge on any atom is 0.230 e. The minimum atomic E-state index is -0.365. The van der Waals surface area contributed by atoms with Crippen molar-refractivity contribution < 1.29 is 9.53 Å². The van der Waals surface area contributed by atoms with Crippen molar-refractivity contribution in [1.82, 2.24) is 10.2 Å². The summed E-state index contributed by atoms with van der Waals surface area (Å²) in [6, 6.07) is 7.85. The van der Waals surface area contributed by atoms with Crippen LogP contribution in [0.25, 0.3) is 0 Å². The summed E-state index contributed by atoms with van der Waals surface area (Å²) in [5.41, 5.74) is 0.656. The second-order valence-corrected chi connectivity index (χ2v) is 5.57. The van der Waals surface area contributed by atoms with Crippen molar-refractivity contribution >= 4 is 5.91 Å². The van der Waals surface area contributed by atoms with Crippen molar-refractivity contribution in [3.05, 3.63) is 29.8 Å². The summed E-state index contributed by atoms with van der Waals surface area (Å²) in [4.78, 5) is 14.9. The fourth-order valence-electron chi connectivity index (χ4n) is 2.82. The van der Waals surface area contributed by atoms with Gasteiger partial charge in [-0.15, -0.1) is 0 Å². The van der Waals surface area contributed by atoms with Crippen LogP contribution >= 0.6 is 0 Å². The molecule has 0 spiro atoms. The molecule has 2 rings (SSSR count). The molecule has 0 bridgehead atoms. The van der Waals surface area contributed by atoms with Crippen LogP contribution in [0.2, 0.25) is 0 Å². The highest BCUT2D eigenvalue weighted by Gasteiger charge is 2.52. The molecular formula is C17H26N2O2. The lowest BCUT2D eigenvalue weighted by atomic mass is 9.94. The molecule has 1 amide bonds. The van der Waals surface area contributed by atoms with E-state index < -0.39 is 0 Å². The molecule has 21 heavy (non-hydrogen) atoms. The molecule has 0 aliphatic heterocycles. The van der Waals surface area contributed by atoms with Crippen molar-refractivity contribution in [3.8, 4) is 5.75 Å². The van der Waals surface area contributed by atoms with E-state index in [9.17, 15) is 4.79 Å². The molecule has 1 saturated carbocycles. The highest BCUT2D eigenvalue weighted by molar-refractivity contribution is 5.92. The number of para-hydroxylation sites is 1. The number of carbonyl (C=O) groups excluding carboxylic acids is 1. The second-order valence-electron chi connectivity index (χ2n) is 5.57. The lowest BCUT2D eigenvalue weighted by Gasteiger charge is -2.21. The number of benzene rings is 1. The third kappa shape index (κ3) is 3.38. The standard InChI is InChI=1S/C17H26N2O2/c1-4-19(5-2)13-12-18-16(20)17(10-11-17)14-8-6-7-9-15(14)21-3/h6-9H,4-5,10-13H2,1-3H3,(H,18,20). The zero-order chi connectivity index (χ0) is 15.3. The van der Waals surface area contributed by atoms with E-state index in [1.807, 2.05) is 24.3 Å².